The van der Waals surface area contributed by atoms with Crippen LogP contribution in [0, 0.1) is 11.6 Å². The first-order chi connectivity index (χ1) is 16.7. The fraction of sp³-hybridized carbons (Fsp3) is 0.208. The van der Waals surface area contributed by atoms with Gasteiger partial charge in [-0.2, -0.15) is 0 Å². The van der Waals surface area contributed by atoms with Crippen LogP contribution < -0.4 is 15.5 Å². The highest BCUT2D eigenvalue weighted by molar-refractivity contribution is 7.12. The van der Waals surface area contributed by atoms with E-state index in [1.807, 2.05) is 12.1 Å². The van der Waals surface area contributed by atoms with E-state index in [-0.39, 0.29) is 12.0 Å². The van der Waals surface area contributed by atoms with Gasteiger partial charge >= 0.3 is 0 Å². The average Bonchev–Trinajstić information content (AvgIpc) is 3.31. The van der Waals surface area contributed by atoms with Crippen molar-refractivity contribution < 1.29 is 23.2 Å². The van der Waals surface area contributed by atoms with Crippen LogP contribution in [0.4, 0.5) is 14.5 Å². The van der Waals surface area contributed by atoms with Crippen molar-refractivity contribution in [2.75, 3.05) is 11.9 Å². The van der Waals surface area contributed by atoms with Crippen LogP contribution in [0.5, 0.6) is 0 Å². The molecule has 35 heavy (non-hydrogen) atoms. The number of anilines is 1. The SMILES string of the molecule is C[C@H](NC(=O)Cc1cc(F)cc(F)c1)C(=O)NC1N=C(c2nccs2)c2ccccc2N(C)C1=O. The number of nitrogens with zero attached hydrogens (tertiary/aromatic N) is 3. The monoisotopic (exact) mass is 497 g/mol. The van der Waals surface area contributed by atoms with Crippen LogP contribution in [0.2, 0.25) is 0 Å². The molecule has 0 aliphatic carbocycles. The molecule has 11 heteroatoms. The van der Waals surface area contributed by atoms with Crippen LogP contribution in [-0.2, 0) is 20.8 Å². The van der Waals surface area contributed by atoms with Crippen molar-refractivity contribution in [3.63, 3.8) is 0 Å². The van der Waals surface area contributed by atoms with Crippen LogP contribution in [0.15, 0.2) is 59.0 Å². The number of aliphatic imine (C=N–C) groups is 1. The van der Waals surface area contributed by atoms with Crippen LogP contribution in [-0.4, -0.2) is 47.7 Å². The first-order valence-electron chi connectivity index (χ1n) is 10.6. The Kier molecular flexibility index (Phi) is 6.97. The number of thiazole rings is 1. The lowest BCUT2D eigenvalue weighted by Crippen LogP contribution is -2.52. The molecule has 1 aliphatic heterocycles. The molecule has 1 aromatic heterocycles. The molecule has 3 amide bonds. The number of fused-ring (bicyclic) bond motifs is 1. The van der Waals surface area contributed by atoms with Gasteiger partial charge < -0.3 is 15.5 Å². The van der Waals surface area contributed by atoms with E-state index >= 15 is 0 Å². The van der Waals surface area contributed by atoms with Crippen molar-refractivity contribution in [3.8, 4) is 0 Å². The average molecular weight is 498 g/mol. The van der Waals surface area contributed by atoms with Gasteiger partial charge in [0.1, 0.15) is 28.4 Å². The number of aromatic nitrogens is 1. The van der Waals surface area contributed by atoms with E-state index in [2.05, 4.69) is 20.6 Å². The van der Waals surface area contributed by atoms with Crippen LogP contribution in [0.25, 0.3) is 0 Å². The fourth-order valence-electron chi connectivity index (χ4n) is 3.64. The number of para-hydroxylation sites is 1. The summed E-state index contributed by atoms with van der Waals surface area (Å²) in [5.74, 6) is -3.33. The number of carbonyl (C=O) groups excluding carboxylic acids is 3. The van der Waals surface area contributed by atoms with E-state index < -0.39 is 41.6 Å². The van der Waals surface area contributed by atoms with Crippen molar-refractivity contribution in [2.45, 2.75) is 25.6 Å². The number of halogens is 2. The van der Waals surface area contributed by atoms with Crippen molar-refractivity contribution in [1.82, 2.24) is 15.6 Å². The number of likely N-dealkylation sites (N-methyl/N-ethyl adjacent to an activating group) is 1. The summed E-state index contributed by atoms with van der Waals surface area (Å²) in [5, 5.41) is 7.42. The second kappa shape index (κ2) is 10.1. The highest BCUT2D eigenvalue weighted by atomic mass is 32.1. The Morgan fingerprint density at radius 3 is 2.57 bits per heavy atom. The van der Waals surface area contributed by atoms with Gasteiger partial charge in [0.25, 0.3) is 5.91 Å². The van der Waals surface area contributed by atoms with E-state index in [1.165, 1.54) is 23.2 Å². The first-order valence-corrected chi connectivity index (χ1v) is 11.5. The van der Waals surface area contributed by atoms with E-state index in [1.54, 1.807) is 30.8 Å². The molecule has 0 saturated heterocycles. The van der Waals surface area contributed by atoms with Crippen LogP contribution in [0.3, 0.4) is 0 Å². The fourth-order valence-corrected chi connectivity index (χ4v) is 4.29. The molecule has 0 radical (unpaired) electrons. The largest absolute Gasteiger partial charge is 0.344 e. The summed E-state index contributed by atoms with van der Waals surface area (Å²) < 4.78 is 26.8. The number of benzodiazepines with no additional fused rings is 1. The summed E-state index contributed by atoms with van der Waals surface area (Å²) in [7, 11) is 1.59. The maximum Gasteiger partial charge on any atom is 0.272 e. The molecule has 180 valence electrons. The summed E-state index contributed by atoms with van der Waals surface area (Å²) in [6.07, 6.45) is 0.0477. The molecule has 1 unspecified atom stereocenters. The quantitative estimate of drug-likeness (QED) is 0.546. The molecule has 4 rings (SSSR count). The normalized spacial score (nSPS) is 16.1. The summed E-state index contributed by atoms with van der Waals surface area (Å²) >= 11 is 1.35. The van der Waals surface area contributed by atoms with Gasteiger partial charge in [-0.15, -0.1) is 11.3 Å². The zero-order chi connectivity index (χ0) is 25.1. The molecular formula is C24H21F2N5O3S. The van der Waals surface area contributed by atoms with Crippen molar-refractivity contribution >= 4 is 40.5 Å². The predicted molar refractivity (Wildman–Crippen MR) is 127 cm³/mol. The van der Waals surface area contributed by atoms with Gasteiger partial charge in [0, 0.05) is 30.3 Å². The summed E-state index contributed by atoms with van der Waals surface area (Å²) in [6, 6.07) is 8.96. The van der Waals surface area contributed by atoms with E-state index in [0.717, 1.165) is 12.1 Å². The lowest BCUT2D eigenvalue weighted by atomic mass is 10.1. The topological polar surface area (TPSA) is 104 Å². The van der Waals surface area contributed by atoms with E-state index in [9.17, 15) is 23.2 Å². The molecule has 3 aromatic rings. The van der Waals surface area contributed by atoms with Gasteiger partial charge in [0.15, 0.2) is 0 Å². The second-order valence-corrected chi connectivity index (χ2v) is 8.78. The van der Waals surface area contributed by atoms with E-state index in [0.29, 0.717) is 28.0 Å². The Balaban J connectivity index is 1.51. The Morgan fingerprint density at radius 1 is 1.17 bits per heavy atom. The van der Waals surface area contributed by atoms with Crippen molar-refractivity contribution in [1.29, 1.82) is 0 Å². The predicted octanol–water partition coefficient (Wildman–Crippen LogP) is 2.42. The van der Waals surface area contributed by atoms with Crippen molar-refractivity contribution in [3.05, 3.63) is 81.8 Å². The zero-order valence-electron chi connectivity index (χ0n) is 18.8. The van der Waals surface area contributed by atoms with E-state index in [4.69, 9.17) is 0 Å². The van der Waals surface area contributed by atoms with Gasteiger partial charge in [-0.1, -0.05) is 18.2 Å². The second-order valence-electron chi connectivity index (χ2n) is 7.88. The molecule has 0 bridgehead atoms. The van der Waals surface area contributed by atoms with Crippen molar-refractivity contribution in [2.24, 2.45) is 4.99 Å². The number of benzene rings is 2. The van der Waals surface area contributed by atoms with Gasteiger partial charge in [-0.3, -0.25) is 14.4 Å². The standard InChI is InChI=1S/C24H21F2N5O3S/c1-13(28-19(32)11-14-9-15(25)12-16(26)10-14)22(33)30-21-24(34)31(2)18-6-4-3-5-17(18)20(29-21)23-27-7-8-35-23/h3-10,12-13,21H,11H2,1-2H3,(H,28,32)(H,30,33)/t13-,21?/m0/s1. The van der Waals surface area contributed by atoms with Gasteiger partial charge in [0.2, 0.25) is 18.0 Å². The molecule has 1 aliphatic rings. The number of hydrogen-bond acceptors (Lipinski definition) is 6. The lowest BCUT2D eigenvalue weighted by molar-refractivity contribution is -0.130. The van der Waals surface area contributed by atoms with Gasteiger partial charge in [-0.05, 0) is 30.7 Å². The Morgan fingerprint density at radius 2 is 1.89 bits per heavy atom. The molecule has 2 N–H and O–H groups in total. The first kappa shape index (κ1) is 24.1. The van der Waals surface area contributed by atoms with Crippen LogP contribution in [0.1, 0.15) is 23.1 Å². The summed E-state index contributed by atoms with van der Waals surface area (Å²) in [6.45, 7) is 1.44. The molecular weight excluding hydrogens is 476 g/mol. The molecule has 8 nitrogen and oxygen atoms in total. The van der Waals surface area contributed by atoms with Crippen LogP contribution >= 0.6 is 11.3 Å². The summed E-state index contributed by atoms with van der Waals surface area (Å²) in [4.78, 5) is 48.5. The third kappa shape index (κ3) is 5.40. The Hall–Kier alpha value is -3.99. The Labute approximate surface area is 203 Å². The highest BCUT2D eigenvalue weighted by Crippen LogP contribution is 2.27. The number of nitrogens with one attached hydrogen (secondary N) is 2. The number of amides is 3. The minimum absolute atomic E-state index is 0.128. The molecule has 0 saturated carbocycles. The molecule has 0 fully saturated rings. The number of hydrogen-bond donors (Lipinski definition) is 2. The Bertz CT molecular complexity index is 1290. The third-order valence-electron chi connectivity index (χ3n) is 5.31. The minimum atomic E-state index is -1.25. The smallest absolute Gasteiger partial charge is 0.272 e. The number of carbonyl (C=O) groups is 3. The molecule has 0 spiro atoms. The maximum absolute atomic E-state index is 13.4. The number of rotatable bonds is 6. The molecule has 2 atom stereocenters. The third-order valence-corrected chi connectivity index (χ3v) is 6.09. The highest BCUT2D eigenvalue weighted by Gasteiger charge is 2.32. The van der Waals surface area contributed by atoms with Gasteiger partial charge in [0.05, 0.1) is 12.1 Å². The maximum atomic E-state index is 13.4. The van der Waals surface area contributed by atoms with Gasteiger partial charge in [-0.25, -0.2) is 18.8 Å². The molecule has 2 heterocycles. The minimum Gasteiger partial charge on any atom is -0.344 e. The molecule has 2 aromatic carbocycles. The summed E-state index contributed by atoms with van der Waals surface area (Å²) in [5.41, 5.74) is 1.90. The lowest BCUT2D eigenvalue weighted by Gasteiger charge is -2.22. The zero-order valence-corrected chi connectivity index (χ0v) is 19.6.